The minimum Gasteiger partial charge on any atom is -0.464 e. The van der Waals surface area contributed by atoms with Crippen molar-refractivity contribution >= 4 is 23.1 Å². The molecule has 5 nitrogen and oxygen atoms in total. The van der Waals surface area contributed by atoms with Gasteiger partial charge in [-0.3, -0.25) is 4.40 Å². The smallest absolute Gasteiger partial charge is 0.358 e. The fraction of sp³-hybridized carbons (Fsp3) is 0.273. The molecule has 17 heavy (non-hydrogen) atoms. The molecule has 0 aliphatic carbocycles. The Balaban J connectivity index is 2.70. The van der Waals surface area contributed by atoms with E-state index < -0.39 is 5.97 Å². The summed E-state index contributed by atoms with van der Waals surface area (Å²) in [7, 11) is 3.13. The molecule has 1 N–H and O–H groups in total. The number of carbonyl (C=O) groups excluding carboxylic acids is 1. The molecule has 0 spiro atoms. The first-order valence-corrected chi connectivity index (χ1v) is 5.45. The van der Waals surface area contributed by atoms with Crippen LogP contribution in [0.4, 0.5) is 0 Å². The highest BCUT2D eigenvalue weighted by atomic mass is 35.5. The van der Waals surface area contributed by atoms with E-state index in [-0.39, 0.29) is 5.69 Å². The lowest BCUT2D eigenvalue weighted by Crippen LogP contribution is -2.09. The summed E-state index contributed by atoms with van der Waals surface area (Å²) in [4.78, 5) is 15.8. The molecule has 0 radical (unpaired) electrons. The molecule has 6 heteroatoms. The zero-order valence-electron chi connectivity index (χ0n) is 9.53. The Morgan fingerprint density at radius 3 is 3.00 bits per heavy atom. The molecule has 0 amide bonds. The Morgan fingerprint density at radius 2 is 2.35 bits per heavy atom. The van der Waals surface area contributed by atoms with Gasteiger partial charge < -0.3 is 10.1 Å². The highest BCUT2D eigenvalue weighted by Gasteiger charge is 2.18. The number of ether oxygens (including phenoxy) is 1. The topological polar surface area (TPSA) is 55.6 Å². The van der Waals surface area contributed by atoms with E-state index in [1.54, 1.807) is 29.6 Å². The summed E-state index contributed by atoms with van der Waals surface area (Å²) in [6, 6.07) is 5.30. The lowest BCUT2D eigenvalue weighted by molar-refractivity contribution is 0.0597. The standard InChI is InChI=1S/C11H12ClN3O2/c1-13-6-9-14-10(11(16)17-2)7-4-3-5-8(12)15(7)9/h3-5,13H,6H2,1-2H3. The van der Waals surface area contributed by atoms with Gasteiger partial charge in [0.15, 0.2) is 5.69 Å². The number of hydrogen-bond acceptors (Lipinski definition) is 4. The van der Waals surface area contributed by atoms with Crippen LogP contribution in [0.3, 0.4) is 0 Å². The van der Waals surface area contributed by atoms with E-state index in [4.69, 9.17) is 16.3 Å². The molecule has 2 heterocycles. The molecule has 90 valence electrons. The first-order chi connectivity index (χ1) is 8.19. The summed E-state index contributed by atoms with van der Waals surface area (Å²) in [6.45, 7) is 0.516. The quantitative estimate of drug-likeness (QED) is 0.665. The number of halogens is 1. The van der Waals surface area contributed by atoms with Crippen molar-refractivity contribution in [1.82, 2.24) is 14.7 Å². The summed E-state index contributed by atoms with van der Waals surface area (Å²) in [5, 5.41) is 3.49. The van der Waals surface area contributed by atoms with Crippen molar-refractivity contribution < 1.29 is 9.53 Å². The van der Waals surface area contributed by atoms with Crippen LogP contribution in [0.2, 0.25) is 5.15 Å². The molecule has 2 rings (SSSR count). The minimum atomic E-state index is -0.466. The van der Waals surface area contributed by atoms with Crippen LogP contribution in [0.15, 0.2) is 18.2 Å². The minimum absolute atomic E-state index is 0.278. The molecule has 2 aromatic rings. The van der Waals surface area contributed by atoms with Gasteiger partial charge in [0.1, 0.15) is 11.0 Å². The SMILES string of the molecule is CNCc1nc(C(=O)OC)c2cccc(Cl)n12. The molecular formula is C11H12ClN3O2. The summed E-state index contributed by atoms with van der Waals surface area (Å²) in [5.74, 6) is 0.209. The number of aromatic nitrogens is 2. The Labute approximate surface area is 103 Å². The molecule has 0 saturated heterocycles. The van der Waals surface area contributed by atoms with Crippen LogP contribution in [0, 0.1) is 0 Å². The highest BCUT2D eigenvalue weighted by molar-refractivity contribution is 6.29. The van der Waals surface area contributed by atoms with Crippen molar-refractivity contribution in [3.8, 4) is 0 Å². The molecule has 2 aromatic heterocycles. The first-order valence-electron chi connectivity index (χ1n) is 5.07. The van der Waals surface area contributed by atoms with Gasteiger partial charge in [0, 0.05) is 0 Å². The summed E-state index contributed by atoms with van der Waals surface area (Å²) in [6.07, 6.45) is 0. The zero-order valence-corrected chi connectivity index (χ0v) is 10.3. The van der Waals surface area contributed by atoms with Crippen molar-refractivity contribution in [2.45, 2.75) is 6.54 Å². The average molecular weight is 254 g/mol. The largest absolute Gasteiger partial charge is 0.464 e. The maximum Gasteiger partial charge on any atom is 0.358 e. The number of methoxy groups -OCH3 is 1. The number of nitrogens with one attached hydrogen (secondary N) is 1. The van der Waals surface area contributed by atoms with Gasteiger partial charge in [-0.1, -0.05) is 17.7 Å². The zero-order chi connectivity index (χ0) is 12.4. The maximum atomic E-state index is 11.6. The van der Waals surface area contributed by atoms with E-state index >= 15 is 0 Å². The van der Waals surface area contributed by atoms with E-state index in [0.29, 0.717) is 23.0 Å². The van der Waals surface area contributed by atoms with Crippen LogP contribution in [0.25, 0.3) is 5.52 Å². The normalized spacial score (nSPS) is 10.8. The number of esters is 1. The fourth-order valence-corrected chi connectivity index (χ4v) is 1.95. The van der Waals surface area contributed by atoms with Crippen LogP contribution in [-0.4, -0.2) is 29.5 Å². The van der Waals surface area contributed by atoms with Gasteiger partial charge in [0.2, 0.25) is 0 Å². The lowest BCUT2D eigenvalue weighted by Gasteiger charge is -2.02. The second-order valence-corrected chi connectivity index (χ2v) is 3.85. The molecule has 0 saturated carbocycles. The molecule has 0 atom stereocenters. The number of hydrogen-bond donors (Lipinski definition) is 1. The number of imidazole rings is 1. The van der Waals surface area contributed by atoms with E-state index in [0.717, 1.165) is 0 Å². The Kier molecular flexibility index (Phi) is 3.31. The lowest BCUT2D eigenvalue weighted by atomic mass is 10.3. The highest BCUT2D eigenvalue weighted by Crippen LogP contribution is 2.19. The third-order valence-corrected chi connectivity index (χ3v) is 2.69. The second kappa shape index (κ2) is 4.73. The van der Waals surface area contributed by atoms with Crippen molar-refractivity contribution in [1.29, 1.82) is 0 Å². The Hall–Kier alpha value is -1.59. The van der Waals surface area contributed by atoms with E-state index in [2.05, 4.69) is 10.3 Å². The van der Waals surface area contributed by atoms with Crippen LogP contribution >= 0.6 is 11.6 Å². The van der Waals surface area contributed by atoms with E-state index in [9.17, 15) is 4.79 Å². The van der Waals surface area contributed by atoms with E-state index in [1.165, 1.54) is 7.11 Å². The van der Waals surface area contributed by atoms with Crippen LogP contribution in [0.5, 0.6) is 0 Å². The average Bonchev–Trinajstić information content (AvgIpc) is 2.69. The molecule has 0 aromatic carbocycles. The van der Waals surface area contributed by atoms with Crippen LogP contribution in [0.1, 0.15) is 16.3 Å². The van der Waals surface area contributed by atoms with Gasteiger partial charge in [-0.2, -0.15) is 0 Å². The predicted octanol–water partition coefficient (Wildman–Crippen LogP) is 1.49. The first kappa shape index (κ1) is 11.9. The predicted molar refractivity (Wildman–Crippen MR) is 64.3 cm³/mol. The number of fused-ring (bicyclic) bond motifs is 1. The molecule has 0 bridgehead atoms. The monoisotopic (exact) mass is 253 g/mol. The molecule has 0 aliphatic heterocycles. The number of pyridine rings is 1. The van der Waals surface area contributed by atoms with Gasteiger partial charge in [0.05, 0.1) is 19.2 Å². The van der Waals surface area contributed by atoms with Crippen molar-refractivity contribution in [2.75, 3.05) is 14.2 Å². The molecule has 0 aliphatic rings. The Bertz CT molecular complexity index is 565. The third kappa shape index (κ3) is 1.99. The third-order valence-electron chi connectivity index (χ3n) is 2.40. The van der Waals surface area contributed by atoms with Crippen molar-refractivity contribution in [3.05, 3.63) is 34.9 Å². The number of nitrogens with zero attached hydrogens (tertiary/aromatic N) is 2. The molecular weight excluding hydrogens is 242 g/mol. The summed E-state index contributed by atoms with van der Waals surface area (Å²) in [5.41, 5.74) is 0.926. The van der Waals surface area contributed by atoms with Gasteiger partial charge >= 0.3 is 5.97 Å². The fourth-order valence-electron chi connectivity index (χ4n) is 1.69. The van der Waals surface area contributed by atoms with Gasteiger partial charge in [-0.05, 0) is 19.2 Å². The van der Waals surface area contributed by atoms with Crippen molar-refractivity contribution in [3.63, 3.8) is 0 Å². The van der Waals surface area contributed by atoms with Crippen LogP contribution in [-0.2, 0) is 11.3 Å². The number of carbonyl (C=O) groups is 1. The second-order valence-electron chi connectivity index (χ2n) is 3.47. The number of rotatable bonds is 3. The summed E-state index contributed by atoms with van der Waals surface area (Å²) >= 11 is 6.10. The van der Waals surface area contributed by atoms with Gasteiger partial charge in [-0.25, -0.2) is 9.78 Å². The van der Waals surface area contributed by atoms with Crippen LogP contribution < -0.4 is 5.32 Å². The van der Waals surface area contributed by atoms with E-state index in [1.807, 2.05) is 0 Å². The molecule has 0 fully saturated rings. The Morgan fingerprint density at radius 1 is 1.59 bits per heavy atom. The summed E-state index contributed by atoms with van der Waals surface area (Å²) < 4.78 is 6.42. The van der Waals surface area contributed by atoms with Crippen molar-refractivity contribution in [2.24, 2.45) is 0 Å². The van der Waals surface area contributed by atoms with Gasteiger partial charge in [-0.15, -0.1) is 0 Å². The molecule has 0 unspecified atom stereocenters. The van der Waals surface area contributed by atoms with Gasteiger partial charge in [0.25, 0.3) is 0 Å². The maximum absolute atomic E-state index is 11.6.